The number of primary amides is 1. The van der Waals surface area contributed by atoms with Gasteiger partial charge >= 0.3 is 0 Å². The first-order valence-electron chi connectivity index (χ1n) is 8.35. The number of aromatic nitrogens is 2. The van der Waals surface area contributed by atoms with Crippen molar-refractivity contribution in [2.45, 2.75) is 18.9 Å². The van der Waals surface area contributed by atoms with Crippen LogP contribution in [0.15, 0.2) is 42.9 Å². The molecule has 1 atom stereocenters. The fraction of sp³-hybridized carbons (Fsp3) is 0.333. The minimum absolute atomic E-state index is 0.0422. The molecule has 1 saturated heterocycles. The van der Waals surface area contributed by atoms with Crippen LogP contribution in [-0.4, -0.2) is 52.5 Å². The van der Waals surface area contributed by atoms with Gasteiger partial charge in [0.15, 0.2) is 6.61 Å². The Morgan fingerprint density at radius 2 is 2.15 bits per heavy atom. The van der Waals surface area contributed by atoms with Gasteiger partial charge in [-0.2, -0.15) is 0 Å². The van der Waals surface area contributed by atoms with E-state index in [9.17, 15) is 9.59 Å². The number of amides is 2. The third-order valence-corrected chi connectivity index (χ3v) is 4.01. The number of ether oxygens (including phenoxy) is 2. The molecule has 1 aliphatic rings. The van der Waals surface area contributed by atoms with Crippen LogP contribution >= 0.6 is 0 Å². The van der Waals surface area contributed by atoms with Gasteiger partial charge in [-0.05, 0) is 31.0 Å². The normalized spacial score (nSPS) is 16.8. The number of piperidine rings is 1. The lowest BCUT2D eigenvalue weighted by Crippen LogP contribution is -2.46. The zero-order valence-electron chi connectivity index (χ0n) is 14.2. The molecule has 26 heavy (non-hydrogen) atoms. The Kier molecular flexibility index (Phi) is 5.62. The molecule has 1 unspecified atom stereocenters. The summed E-state index contributed by atoms with van der Waals surface area (Å²) in [6, 6.07) is 6.68. The number of rotatable bonds is 6. The molecule has 2 amide bonds. The molecular weight excluding hydrogens is 336 g/mol. The van der Waals surface area contributed by atoms with Crippen LogP contribution in [0.2, 0.25) is 0 Å². The maximum Gasteiger partial charge on any atom is 0.267 e. The average molecular weight is 356 g/mol. The second-order valence-electron chi connectivity index (χ2n) is 5.94. The van der Waals surface area contributed by atoms with E-state index in [0.717, 1.165) is 12.8 Å². The molecule has 8 heteroatoms. The second-order valence-corrected chi connectivity index (χ2v) is 5.94. The van der Waals surface area contributed by atoms with E-state index in [2.05, 4.69) is 9.97 Å². The van der Waals surface area contributed by atoms with Gasteiger partial charge in [0, 0.05) is 25.0 Å². The van der Waals surface area contributed by atoms with E-state index in [1.165, 1.54) is 12.3 Å². The van der Waals surface area contributed by atoms with Crippen molar-refractivity contribution in [2.75, 3.05) is 19.7 Å². The Morgan fingerprint density at radius 1 is 1.27 bits per heavy atom. The zero-order chi connectivity index (χ0) is 18.4. The van der Waals surface area contributed by atoms with Crippen molar-refractivity contribution in [1.29, 1.82) is 0 Å². The quantitative estimate of drug-likeness (QED) is 0.828. The molecule has 0 aliphatic carbocycles. The molecule has 0 spiro atoms. The van der Waals surface area contributed by atoms with E-state index >= 15 is 0 Å². The van der Waals surface area contributed by atoms with E-state index in [1.54, 1.807) is 35.5 Å². The first-order chi connectivity index (χ1) is 12.6. The van der Waals surface area contributed by atoms with E-state index in [-0.39, 0.29) is 24.3 Å². The van der Waals surface area contributed by atoms with Crippen molar-refractivity contribution in [3.8, 4) is 11.5 Å². The van der Waals surface area contributed by atoms with Gasteiger partial charge in [0.2, 0.25) is 0 Å². The molecule has 1 fully saturated rings. The molecule has 0 aromatic carbocycles. The number of carbonyl (C=O) groups is 2. The summed E-state index contributed by atoms with van der Waals surface area (Å²) in [6.07, 6.45) is 6.18. The van der Waals surface area contributed by atoms with E-state index in [0.29, 0.717) is 24.6 Å². The number of hydrogen-bond acceptors (Lipinski definition) is 6. The highest BCUT2D eigenvalue weighted by Gasteiger charge is 2.25. The fourth-order valence-electron chi connectivity index (χ4n) is 2.74. The molecule has 0 saturated carbocycles. The van der Waals surface area contributed by atoms with Gasteiger partial charge in [0.05, 0.1) is 12.7 Å². The minimum atomic E-state index is -0.608. The Bertz CT molecular complexity index is 769. The average Bonchev–Trinajstić information content (AvgIpc) is 2.67. The van der Waals surface area contributed by atoms with E-state index in [4.69, 9.17) is 15.2 Å². The van der Waals surface area contributed by atoms with Crippen molar-refractivity contribution < 1.29 is 19.1 Å². The summed E-state index contributed by atoms with van der Waals surface area (Å²) >= 11 is 0. The van der Waals surface area contributed by atoms with Crippen LogP contribution in [0.25, 0.3) is 0 Å². The van der Waals surface area contributed by atoms with Gasteiger partial charge in [-0.25, -0.2) is 0 Å². The Hall–Kier alpha value is -3.16. The molecule has 3 rings (SSSR count). The standard InChI is InChI=1S/C18H20N4O4/c19-18(24)16-9-13(5-7-21-16)26-15-4-2-8-22(11-15)17(23)12-25-14-3-1-6-20-10-14/h1,3,5-7,9-10,15H,2,4,8,11-12H2,(H2,19,24). The molecule has 2 aromatic rings. The predicted octanol–water partition coefficient (Wildman–Crippen LogP) is 1.02. The second kappa shape index (κ2) is 8.28. The summed E-state index contributed by atoms with van der Waals surface area (Å²) in [5.74, 6) is 0.360. The van der Waals surface area contributed by atoms with Crippen LogP contribution in [0.5, 0.6) is 11.5 Å². The minimum Gasteiger partial charge on any atom is -0.488 e. The number of nitrogens with two attached hydrogens (primary N) is 1. The molecule has 136 valence electrons. The first-order valence-corrected chi connectivity index (χ1v) is 8.35. The van der Waals surface area contributed by atoms with Crippen LogP contribution < -0.4 is 15.2 Å². The van der Waals surface area contributed by atoms with Gasteiger partial charge in [-0.1, -0.05) is 0 Å². The summed E-state index contributed by atoms with van der Waals surface area (Å²) in [7, 11) is 0. The maximum absolute atomic E-state index is 12.4. The molecule has 2 N–H and O–H groups in total. The molecule has 1 aliphatic heterocycles. The molecule has 8 nitrogen and oxygen atoms in total. The molecule has 0 bridgehead atoms. The van der Waals surface area contributed by atoms with Gasteiger partial charge < -0.3 is 20.1 Å². The number of pyridine rings is 2. The van der Waals surface area contributed by atoms with Gasteiger partial charge in [-0.3, -0.25) is 19.6 Å². The van der Waals surface area contributed by atoms with Crippen molar-refractivity contribution in [3.63, 3.8) is 0 Å². The van der Waals surface area contributed by atoms with Gasteiger partial charge in [0.1, 0.15) is 23.3 Å². The summed E-state index contributed by atoms with van der Waals surface area (Å²) in [4.78, 5) is 33.1. The van der Waals surface area contributed by atoms with Crippen molar-refractivity contribution >= 4 is 11.8 Å². The Labute approximate surface area is 150 Å². The SMILES string of the molecule is NC(=O)c1cc(OC2CCCN(C(=O)COc3cccnc3)C2)ccn1. The van der Waals surface area contributed by atoms with Crippen LogP contribution in [0, 0.1) is 0 Å². The number of hydrogen-bond donors (Lipinski definition) is 1. The largest absolute Gasteiger partial charge is 0.488 e. The van der Waals surface area contributed by atoms with E-state index in [1.807, 2.05) is 0 Å². The summed E-state index contributed by atoms with van der Waals surface area (Å²) in [6.45, 7) is 1.08. The lowest BCUT2D eigenvalue weighted by atomic mass is 10.1. The number of likely N-dealkylation sites (tertiary alicyclic amines) is 1. The summed E-state index contributed by atoms with van der Waals surface area (Å²) in [5, 5.41) is 0. The molecule has 2 aromatic heterocycles. The highest BCUT2D eigenvalue weighted by Crippen LogP contribution is 2.19. The Balaban J connectivity index is 1.54. The Morgan fingerprint density at radius 3 is 2.92 bits per heavy atom. The maximum atomic E-state index is 12.4. The zero-order valence-corrected chi connectivity index (χ0v) is 14.2. The summed E-state index contributed by atoms with van der Waals surface area (Å²) < 4.78 is 11.4. The molecular formula is C18H20N4O4. The topological polar surface area (TPSA) is 108 Å². The lowest BCUT2D eigenvalue weighted by Gasteiger charge is -2.32. The smallest absolute Gasteiger partial charge is 0.267 e. The van der Waals surface area contributed by atoms with E-state index < -0.39 is 5.91 Å². The van der Waals surface area contributed by atoms with Crippen molar-refractivity contribution in [3.05, 3.63) is 48.5 Å². The van der Waals surface area contributed by atoms with Crippen LogP contribution in [0.1, 0.15) is 23.3 Å². The molecule has 3 heterocycles. The van der Waals surface area contributed by atoms with Crippen LogP contribution in [0.4, 0.5) is 0 Å². The monoisotopic (exact) mass is 356 g/mol. The highest BCUT2D eigenvalue weighted by atomic mass is 16.5. The third kappa shape index (κ3) is 4.69. The number of nitrogens with zero attached hydrogens (tertiary/aromatic N) is 3. The summed E-state index contributed by atoms with van der Waals surface area (Å²) in [5.41, 5.74) is 5.38. The molecule has 0 radical (unpaired) electrons. The highest BCUT2D eigenvalue weighted by molar-refractivity contribution is 5.91. The third-order valence-electron chi connectivity index (χ3n) is 4.01. The van der Waals surface area contributed by atoms with Gasteiger partial charge in [0.25, 0.3) is 11.8 Å². The van der Waals surface area contributed by atoms with Crippen molar-refractivity contribution in [1.82, 2.24) is 14.9 Å². The predicted molar refractivity (Wildman–Crippen MR) is 92.7 cm³/mol. The van der Waals surface area contributed by atoms with Crippen LogP contribution in [-0.2, 0) is 4.79 Å². The lowest BCUT2D eigenvalue weighted by molar-refractivity contribution is -0.136. The fourth-order valence-corrected chi connectivity index (χ4v) is 2.74. The van der Waals surface area contributed by atoms with Crippen molar-refractivity contribution in [2.24, 2.45) is 5.73 Å². The van der Waals surface area contributed by atoms with Gasteiger partial charge in [-0.15, -0.1) is 0 Å². The van der Waals surface area contributed by atoms with Crippen LogP contribution in [0.3, 0.4) is 0 Å². The number of carbonyl (C=O) groups excluding carboxylic acids is 2. The first kappa shape index (κ1) is 17.7.